The first-order valence-corrected chi connectivity index (χ1v) is 8.35. The zero-order valence-corrected chi connectivity index (χ0v) is 13.4. The molecule has 1 atom stereocenters. The number of benzene rings is 1. The molecular weight excluding hydrogens is 282 g/mol. The van der Waals surface area contributed by atoms with Crippen LogP contribution < -0.4 is 0 Å². The van der Waals surface area contributed by atoms with E-state index in [4.69, 9.17) is 4.74 Å². The van der Waals surface area contributed by atoms with E-state index in [1.165, 1.54) is 25.7 Å². The molecule has 1 unspecified atom stereocenters. The molecule has 1 aliphatic heterocycles. The highest BCUT2D eigenvalue weighted by Crippen LogP contribution is 2.37. The Morgan fingerprint density at radius 1 is 1.00 bits per heavy atom. The summed E-state index contributed by atoms with van der Waals surface area (Å²) in [5, 5.41) is 0. The maximum absolute atomic E-state index is 14.1. The van der Waals surface area contributed by atoms with E-state index in [9.17, 15) is 8.78 Å². The van der Waals surface area contributed by atoms with Crippen LogP contribution in [0, 0.1) is 30.4 Å². The molecule has 1 saturated carbocycles. The molecule has 0 radical (unpaired) electrons. The number of halogens is 2. The number of hydrogen-bond acceptors (Lipinski definition) is 1. The number of rotatable bonds is 2. The first-order chi connectivity index (χ1) is 10.6. The molecule has 0 aromatic heterocycles. The molecule has 3 rings (SSSR count). The van der Waals surface area contributed by atoms with Crippen molar-refractivity contribution < 1.29 is 13.5 Å². The van der Waals surface area contributed by atoms with E-state index in [1.807, 2.05) is 0 Å². The van der Waals surface area contributed by atoms with Gasteiger partial charge in [-0.2, -0.15) is 0 Å². The molecule has 1 aromatic rings. The van der Waals surface area contributed by atoms with Gasteiger partial charge in [0.2, 0.25) is 0 Å². The molecule has 0 N–H and O–H groups in total. The summed E-state index contributed by atoms with van der Waals surface area (Å²) in [7, 11) is 0. The molecule has 1 fully saturated rings. The van der Waals surface area contributed by atoms with Crippen molar-refractivity contribution in [2.24, 2.45) is 11.8 Å². The first kappa shape index (κ1) is 15.5. The predicted molar refractivity (Wildman–Crippen MR) is 84.3 cm³/mol. The molecule has 1 aliphatic carbocycles. The summed E-state index contributed by atoms with van der Waals surface area (Å²) in [6.45, 7) is 3.89. The lowest BCUT2D eigenvalue weighted by Gasteiger charge is -2.34. The number of allylic oxidation sites excluding steroid dienone is 1. The van der Waals surface area contributed by atoms with Gasteiger partial charge in [0.05, 0.1) is 6.26 Å². The van der Waals surface area contributed by atoms with Gasteiger partial charge in [0.25, 0.3) is 0 Å². The second-order valence-corrected chi connectivity index (χ2v) is 6.93. The Balaban J connectivity index is 1.70. The standard InChI is InChI=1S/C19H24F2O/c1-12-3-6-14(7-4-12)17-10-8-15(11-22-17)16-9-5-13(2)18(20)19(16)21/h5,9,11-12,14,17H,3-4,6-8,10H2,1-2H3. The second-order valence-electron chi connectivity index (χ2n) is 6.93. The molecule has 1 heterocycles. The summed E-state index contributed by atoms with van der Waals surface area (Å²) in [5.41, 5.74) is 1.46. The number of ether oxygens (including phenoxy) is 1. The predicted octanol–water partition coefficient (Wildman–Crippen LogP) is 5.62. The van der Waals surface area contributed by atoms with Gasteiger partial charge in [-0.15, -0.1) is 0 Å². The van der Waals surface area contributed by atoms with Gasteiger partial charge in [0, 0.05) is 5.56 Å². The molecule has 3 heteroatoms. The quantitative estimate of drug-likeness (QED) is 0.689. The highest BCUT2D eigenvalue weighted by atomic mass is 19.2. The molecule has 0 amide bonds. The average molecular weight is 306 g/mol. The maximum Gasteiger partial charge on any atom is 0.166 e. The second kappa shape index (κ2) is 6.39. The van der Waals surface area contributed by atoms with Crippen LogP contribution in [-0.2, 0) is 4.74 Å². The molecule has 0 spiro atoms. The minimum Gasteiger partial charge on any atom is -0.497 e. The van der Waals surface area contributed by atoms with Gasteiger partial charge in [0.1, 0.15) is 6.10 Å². The van der Waals surface area contributed by atoms with Crippen molar-refractivity contribution >= 4 is 5.57 Å². The lowest BCUT2D eigenvalue weighted by atomic mass is 9.78. The largest absolute Gasteiger partial charge is 0.497 e. The summed E-state index contributed by atoms with van der Waals surface area (Å²) in [6.07, 6.45) is 8.58. The minimum absolute atomic E-state index is 0.245. The van der Waals surface area contributed by atoms with Gasteiger partial charge >= 0.3 is 0 Å². The third-order valence-corrected chi connectivity index (χ3v) is 5.29. The zero-order valence-electron chi connectivity index (χ0n) is 13.4. The van der Waals surface area contributed by atoms with Crippen molar-refractivity contribution in [1.82, 2.24) is 0 Å². The van der Waals surface area contributed by atoms with Crippen molar-refractivity contribution in [2.45, 2.75) is 58.5 Å². The van der Waals surface area contributed by atoms with Crippen molar-refractivity contribution in [3.8, 4) is 0 Å². The molecule has 1 nitrogen and oxygen atoms in total. The average Bonchev–Trinajstić information content (AvgIpc) is 2.54. The van der Waals surface area contributed by atoms with Gasteiger partial charge in [-0.25, -0.2) is 8.78 Å². The van der Waals surface area contributed by atoms with Crippen molar-refractivity contribution in [3.63, 3.8) is 0 Å². The van der Waals surface area contributed by atoms with E-state index in [0.29, 0.717) is 17.0 Å². The molecule has 22 heavy (non-hydrogen) atoms. The Bertz CT molecular complexity index is 571. The zero-order chi connectivity index (χ0) is 15.7. The molecule has 0 saturated heterocycles. The summed E-state index contributed by atoms with van der Waals surface area (Å²) < 4.78 is 33.7. The topological polar surface area (TPSA) is 9.23 Å². The lowest BCUT2D eigenvalue weighted by Crippen LogP contribution is -2.28. The SMILES string of the molecule is Cc1ccc(C2=COC(C3CCC(C)CC3)CC2)c(F)c1F. The van der Waals surface area contributed by atoms with Crippen LogP contribution in [-0.4, -0.2) is 6.10 Å². The van der Waals surface area contributed by atoms with Crippen LogP contribution in [0.4, 0.5) is 8.78 Å². The van der Waals surface area contributed by atoms with Crippen molar-refractivity contribution in [2.75, 3.05) is 0 Å². The fourth-order valence-electron chi connectivity index (χ4n) is 3.69. The van der Waals surface area contributed by atoms with E-state index in [0.717, 1.165) is 24.3 Å². The van der Waals surface area contributed by atoms with Gasteiger partial charge in [-0.05, 0) is 55.6 Å². The molecular formula is C19H24F2O. The minimum atomic E-state index is -0.750. The summed E-state index contributed by atoms with van der Waals surface area (Å²) >= 11 is 0. The summed E-state index contributed by atoms with van der Waals surface area (Å²) in [5.74, 6) is -0.0502. The Kier molecular flexibility index (Phi) is 4.51. The van der Waals surface area contributed by atoms with E-state index in [-0.39, 0.29) is 6.10 Å². The summed E-state index contributed by atoms with van der Waals surface area (Å²) in [4.78, 5) is 0. The van der Waals surface area contributed by atoms with Crippen LogP contribution in [0.15, 0.2) is 18.4 Å². The maximum atomic E-state index is 14.1. The van der Waals surface area contributed by atoms with Crippen molar-refractivity contribution in [1.29, 1.82) is 0 Å². The van der Waals surface area contributed by atoms with Crippen LogP contribution in [0.1, 0.15) is 56.6 Å². The van der Waals surface area contributed by atoms with Gasteiger partial charge in [-0.3, -0.25) is 0 Å². The normalized spacial score (nSPS) is 28.9. The molecule has 0 bridgehead atoms. The third kappa shape index (κ3) is 3.04. The van der Waals surface area contributed by atoms with Crippen LogP contribution in [0.5, 0.6) is 0 Å². The summed E-state index contributed by atoms with van der Waals surface area (Å²) in [6, 6.07) is 3.29. The first-order valence-electron chi connectivity index (χ1n) is 8.35. The van der Waals surface area contributed by atoms with E-state index in [2.05, 4.69) is 6.92 Å². The monoisotopic (exact) mass is 306 g/mol. The highest BCUT2D eigenvalue weighted by molar-refractivity contribution is 5.66. The van der Waals surface area contributed by atoms with Gasteiger partial charge < -0.3 is 4.74 Å². The number of hydrogen-bond donors (Lipinski definition) is 0. The van der Waals surface area contributed by atoms with Crippen LogP contribution in [0.3, 0.4) is 0 Å². The fourth-order valence-corrected chi connectivity index (χ4v) is 3.69. The van der Waals surface area contributed by atoms with Crippen molar-refractivity contribution in [3.05, 3.63) is 41.2 Å². The smallest absolute Gasteiger partial charge is 0.166 e. The third-order valence-electron chi connectivity index (χ3n) is 5.29. The van der Waals surface area contributed by atoms with Gasteiger partial charge in [-0.1, -0.05) is 31.9 Å². The van der Waals surface area contributed by atoms with E-state index < -0.39 is 11.6 Å². The van der Waals surface area contributed by atoms with Gasteiger partial charge in [0.15, 0.2) is 11.6 Å². The molecule has 120 valence electrons. The Labute approximate surface area is 131 Å². The molecule has 2 aliphatic rings. The van der Waals surface area contributed by atoms with E-state index in [1.54, 1.807) is 25.3 Å². The highest BCUT2D eigenvalue weighted by Gasteiger charge is 2.29. The van der Waals surface area contributed by atoms with E-state index >= 15 is 0 Å². The van der Waals surface area contributed by atoms with Crippen LogP contribution in [0.2, 0.25) is 0 Å². The lowest BCUT2D eigenvalue weighted by molar-refractivity contribution is 0.0469. The number of aryl methyl sites for hydroxylation is 1. The molecule has 1 aromatic carbocycles. The Morgan fingerprint density at radius 3 is 2.36 bits per heavy atom. The fraction of sp³-hybridized carbons (Fsp3) is 0.579. The van der Waals surface area contributed by atoms with Crippen LogP contribution in [0.25, 0.3) is 5.57 Å². The Morgan fingerprint density at radius 2 is 1.73 bits per heavy atom. The Hall–Kier alpha value is -1.38. The van der Waals surface area contributed by atoms with Crippen LogP contribution >= 0.6 is 0 Å².